The van der Waals surface area contributed by atoms with Crippen LogP contribution in [0.2, 0.25) is 0 Å². The van der Waals surface area contributed by atoms with E-state index in [1.165, 1.54) is 22.5 Å². The van der Waals surface area contributed by atoms with Gasteiger partial charge in [0.15, 0.2) is 5.78 Å². The summed E-state index contributed by atoms with van der Waals surface area (Å²) in [5.74, 6) is 0.991. The molecule has 0 saturated carbocycles. The Morgan fingerprint density at radius 2 is 2.09 bits per heavy atom. The first-order chi connectivity index (χ1) is 10.6. The quantitative estimate of drug-likeness (QED) is 0.541. The summed E-state index contributed by atoms with van der Waals surface area (Å²) in [5, 5.41) is 2.05. The van der Waals surface area contributed by atoms with E-state index in [0.717, 1.165) is 30.3 Å². The van der Waals surface area contributed by atoms with Crippen molar-refractivity contribution in [2.24, 2.45) is 0 Å². The molecule has 0 unspecified atom stereocenters. The molecule has 0 fully saturated rings. The minimum absolute atomic E-state index is 0.124. The maximum atomic E-state index is 11.4. The van der Waals surface area contributed by atoms with Crippen LogP contribution in [-0.2, 0) is 13.1 Å². The minimum atomic E-state index is 0.124. The molecular weight excluding hydrogens is 294 g/mol. The maximum absolute atomic E-state index is 11.4. The van der Waals surface area contributed by atoms with Crippen LogP contribution in [0.3, 0.4) is 0 Å². The van der Waals surface area contributed by atoms with E-state index in [-0.39, 0.29) is 5.78 Å². The zero-order valence-corrected chi connectivity index (χ0v) is 13.9. The summed E-state index contributed by atoms with van der Waals surface area (Å²) in [5.41, 5.74) is 2.36. The van der Waals surface area contributed by atoms with Crippen LogP contribution in [0.4, 0.5) is 0 Å². The third kappa shape index (κ3) is 4.55. The van der Waals surface area contributed by atoms with E-state index < -0.39 is 0 Å². The van der Waals surface area contributed by atoms with E-state index in [0.29, 0.717) is 0 Å². The molecule has 4 heteroatoms. The number of carbonyl (C=O) groups excluding carboxylic acids is 1. The lowest BCUT2D eigenvalue weighted by atomic mass is 10.2. The molecule has 0 amide bonds. The van der Waals surface area contributed by atoms with Gasteiger partial charge < -0.3 is 4.74 Å². The fourth-order valence-corrected chi connectivity index (χ4v) is 3.10. The lowest BCUT2D eigenvalue weighted by Crippen LogP contribution is -2.22. The molecule has 1 aromatic heterocycles. The number of nitrogens with zero attached hydrogens (tertiary/aromatic N) is 1. The monoisotopic (exact) mass is 315 g/mol. The summed E-state index contributed by atoms with van der Waals surface area (Å²) < 4.78 is 5.27. The number of carbonyl (C=O) groups is 1. The Labute approximate surface area is 135 Å². The van der Waals surface area contributed by atoms with Crippen LogP contribution in [0.5, 0.6) is 5.75 Å². The number of benzene rings is 1. The number of hydrogen-bond donors (Lipinski definition) is 0. The molecule has 0 radical (unpaired) electrons. The molecule has 2 rings (SSSR count). The molecule has 0 N–H and O–H groups in total. The van der Waals surface area contributed by atoms with Crippen molar-refractivity contribution in [3.63, 3.8) is 0 Å². The van der Waals surface area contributed by atoms with Crippen LogP contribution in [0.1, 0.15) is 27.7 Å². The summed E-state index contributed by atoms with van der Waals surface area (Å²) in [7, 11) is 1.68. The van der Waals surface area contributed by atoms with E-state index in [9.17, 15) is 4.79 Å². The highest BCUT2D eigenvalue weighted by Gasteiger charge is 2.09. The van der Waals surface area contributed by atoms with Gasteiger partial charge in [0, 0.05) is 19.6 Å². The first-order valence-corrected chi connectivity index (χ1v) is 8.05. The number of thiophene rings is 1. The van der Waals surface area contributed by atoms with Gasteiger partial charge in [0.2, 0.25) is 0 Å². The highest BCUT2D eigenvalue weighted by molar-refractivity contribution is 7.12. The topological polar surface area (TPSA) is 29.5 Å². The van der Waals surface area contributed by atoms with Crippen molar-refractivity contribution in [3.05, 3.63) is 64.4 Å². The van der Waals surface area contributed by atoms with Crippen molar-refractivity contribution in [2.75, 3.05) is 13.7 Å². The normalized spacial score (nSPS) is 10.7. The molecule has 0 bridgehead atoms. The SMILES string of the molecule is C=CCN(Cc1cccc(OC)c1)Cc1csc(C(C)=O)c1. The van der Waals surface area contributed by atoms with Gasteiger partial charge in [0.1, 0.15) is 5.75 Å². The van der Waals surface area contributed by atoms with Gasteiger partial charge in [-0.05, 0) is 41.6 Å². The Bertz CT molecular complexity index is 648. The lowest BCUT2D eigenvalue weighted by molar-refractivity contribution is 0.102. The molecule has 0 atom stereocenters. The van der Waals surface area contributed by atoms with Gasteiger partial charge in [-0.3, -0.25) is 9.69 Å². The second kappa shape index (κ2) is 7.92. The van der Waals surface area contributed by atoms with Gasteiger partial charge in [0.25, 0.3) is 0 Å². The molecule has 2 aromatic rings. The van der Waals surface area contributed by atoms with Crippen molar-refractivity contribution in [2.45, 2.75) is 20.0 Å². The van der Waals surface area contributed by atoms with Crippen molar-refractivity contribution in [1.29, 1.82) is 0 Å². The molecule has 0 spiro atoms. The van der Waals surface area contributed by atoms with E-state index in [1.54, 1.807) is 14.0 Å². The van der Waals surface area contributed by atoms with E-state index >= 15 is 0 Å². The van der Waals surface area contributed by atoms with Gasteiger partial charge in [-0.25, -0.2) is 0 Å². The van der Waals surface area contributed by atoms with Crippen LogP contribution in [0, 0.1) is 0 Å². The molecule has 3 nitrogen and oxygen atoms in total. The van der Waals surface area contributed by atoms with E-state index in [2.05, 4.69) is 22.9 Å². The predicted octanol–water partition coefficient (Wildman–Crippen LogP) is 4.15. The largest absolute Gasteiger partial charge is 0.497 e. The van der Waals surface area contributed by atoms with Crippen LogP contribution >= 0.6 is 11.3 Å². The van der Waals surface area contributed by atoms with E-state index in [4.69, 9.17) is 4.74 Å². The summed E-state index contributed by atoms with van der Waals surface area (Å²) in [6.07, 6.45) is 1.90. The maximum Gasteiger partial charge on any atom is 0.169 e. The van der Waals surface area contributed by atoms with E-state index in [1.807, 2.05) is 30.3 Å². The zero-order chi connectivity index (χ0) is 15.9. The van der Waals surface area contributed by atoms with Gasteiger partial charge in [0.05, 0.1) is 12.0 Å². The standard InChI is InChI=1S/C18H21NO2S/c1-4-8-19(11-15-6-5-7-17(9-15)21-3)12-16-10-18(14(2)20)22-13-16/h4-7,9-10,13H,1,8,11-12H2,2-3H3. The number of hydrogen-bond acceptors (Lipinski definition) is 4. The molecule has 22 heavy (non-hydrogen) atoms. The average Bonchev–Trinajstić information content (AvgIpc) is 2.96. The summed E-state index contributed by atoms with van der Waals surface area (Å²) in [6.45, 7) is 7.84. The van der Waals surface area contributed by atoms with Crippen molar-refractivity contribution < 1.29 is 9.53 Å². The van der Waals surface area contributed by atoms with Crippen LogP contribution in [0.25, 0.3) is 0 Å². The van der Waals surface area contributed by atoms with Crippen molar-refractivity contribution >= 4 is 17.1 Å². The van der Waals surface area contributed by atoms with Crippen LogP contribution in [-0.4, -0.2) is 24.3 Å². The third-order valence-electron chi connectivity index (χ3n) is 3.33. The Kier molecular flexibility index (Phi) is 5.92. The smallest absolute Gasteiger partial charge is 0.169 e. The van der Waals surface area contributed by atoms with Gasteiger partial charge in [-0.15, -0.1) is 17.9 Å². The molecule has 0 saturated heterocycles. The number of ether oxygens (including phenoxy) is 1. The predicted molar refractivity (Wildman–Crippen MR) is 91.6 cm³/mol. The number of Topliss-reactive ketones (excluding diaryl/α,β-unsaturated/α-hetero) is 1. The lowest BCUT2D eigenvalue weighted by Gasteiger charge is -2.20. The second-order valence-corrected chi connectivity index (χ2v) is 6.10. The van der Waals surface area contributed by atoms with Crippen molar-refractivity contribution in [1.82, 2.24) is 4.90 Å². The highest BCUT2D eigenvalue weighted by Crippen LogP contribution is 2.19. The fourth-order valence-electron chi connectivity index (χ4n) is 2.30. The summed E-state index contributed by atoms with van der Waals surface area (Å²) in [6, 6.07) is 10.1. The van der Waals surface area contributed by atoms with Crippen LogP contribution < -0.4 is 4.74 Å². The van der Waals surface area contributed by atoms with Crippen LogP contribution in [0.15, 0.2) is 48.4 Å². The highest BCUT2D eigenvalue weighted by atomic mass is 32.1. The number of methoxy groups -OCH3 is 1. The molecule has 0 aliphatic heterocycles. The summed E-state index contributed by atoms with van der Waals surface area (Å²) in [4.78, 5) is 14.5. The summed E-state index contributed by atoms with van der Waals surface area (Å²) >= 11 is 1.51. The Hall–Kier alpha value is -1.91. The van der Waals surface area contributed by atoms with Gasteiger partial charge in [-0.2, -0.15) is 0 Å². The van der Waals surface area contributed by atoms with Gasteiger partial charge in [-0.1, -0.05) is 18.2 Å². The first kappa shape index (κ1) is 16.5. The average molecular weight is 315 g/mol. The van der Waals surface area contributed by atoms with Gasteiger partial charge >= 0.3 is 0 Å². The third-order valence-corrected chi connectivity index (χ3v) is 4.41. The second-order valence-electron chi connectivity index (χ2n) is 5.19. The molecule has 116 valence electrons. The molecular formula is C18H21NO2S. The molecule has 1 aromatic carbocycles. The zero-order valence-electron chi connectivity index (χ0n) is 13.0. The molecule has 0 aliphatic carbocycles. The fraction of sp³-hybridized carbons (Fsp3) is 0.278. The van der Waals surface area contributed by atoms with Crippen molar-refractivity contribution in [3.8, 4) is 5.75 Å². The Balaban J connectivity index is 2.08. The molecule has 1 heterocycles. The first-order valence-electron chi connectivity index (χ1n) is 7.17. The Morgan fingerprint density at radius 1 is 1.32 bits per heavy atom. The number of rotatable bonds is 8. The number of ketones is 1. The molecule has 0 aliphatic rings. The minimum Gasteiger partial charge on any atom is -0.497 e. The Morgan fingerprint density at radius 3 is 2.73 bits per heavy atom.